The molecule has 28 heavy (non-hydrogen) atoms. The predicted octanol–water partition coefficient (Wildman–Crippen LogP) is 2.89. The third-order valence-corrected chi connectivity index (χ3v) is 4.02. The zero-order chi connectivity index (χ0) is 19.5. The van der Waals surface area contributed by atoms with Gasteiger partial charge in [0.2, 0.25) is 5.91 Å². The average molecular weight is 371 g/mol. The van der Waals surface area contributed by atoms with Crippen molar-refractivity contribution in [3.8, 4) is 23.0 Å². The van der Waals surface area contributed by atoms with E-state index in [-0.39, 0.29) is 12.1 Å². The topological polar surface area (TPSA) is 114 Å². The van der Waals surface area contributed by atoms with E-state index in [9.17, 15) is 9.59 Å². The molecule has 0 spiro atoms. The van der Waals surface area contributed by atoms with Crippen LogP contribution < -0.4 is 10.9 Å². The van der Waals surface area contributed by atoms with E-state index in [1.54, 1.807) is 30.5 Å². The van der Waals surface area contributed by atoms with Gasteiger partial charge in [-0.3, -0.25) is 4.79 Å². The van der Waals surface area contributed by atoms with Gasteiger partial charge in [-0.2, -0.15) is 10.4 Å². The maximum absolute atomic E-state index is 12.4. The molecule has 2 heterocycles. The van der Waals surface area contributed by atoms with Crippen LogP contribution in [0.25, 0.3) is 27.9 Å². The Morgan fingerprint density at radius 3 is 2.79 bits per heavy atom. The highest BCUT2D eigenvalue weighted by atomic mass is 16.4. The number of aromatic nitrogens is 3. The normalized spacial score (nSPS) is 10.5. The molecule has 0 aliphatic heterocycles. The lowest BCUT2D eigenvalue weighted by Gasteiger charge is -2.05. The molecule has 4 aromatic rings. The summed E-state index contributed by atoms with van der Waals surface area (Å²) in [6, 6.07) is 17.8. The van der Waals surface area contributed by atoms with E-state index >= 15 is 0 Å². The first kappa shape index (κ1) is 17.2. The standard InChI is InChI=1S/C20H13N5O3/c21-9-8-19(26)23-15-7-6-14-10-17(20(27)28-18(14)11-15)25-22-12-16(24-25)13-4-2-1-3-5-13/h1-7,10-12H,8H2,(H,23,26). The second kappa shape index (κ2) is 7.17. The van der Waals surface area contributed by atoms with E-state index in [4.69, 9.17) is 9.68 Å². The van der Waals surface area contributed by atoms with Crippen LogP contribution in [-0.4, -0.2) is 20.9 Å². The summed E-state index contributed by atoms with van der Waals surface area (Å²) >= 11 is 0. The Kier molecular flexibility index (Phi) is 4.40. The Labute approximate surface area is 158 Å². The molecule has 136 valence electrons. The Balaban J connectivity index is 1.69. The van der Waals surface area contributed by atoms with Crippen LogP contribution in [0.2, 0.25) is 0 Å². The maximum atomic E-state index is 12.4. The number of nitriles is 1. The van der Waals surface area contributed by atoms with Crippen molar-refractivity contribution in [2.45, 2.75) is 6.42 Å². The molecule has 2 aromatic heterocycles. The number of hydrogen-bond donors (Lipinski definition) is 1. The van der Waals surface area contributed by atoms with Gasteiger partial charge in [-0.1, -0.05) is 30.3 Å². The van der Waals surface area contributed by atoms with E-state index in [0.717, 1.165) is 5.56 Å². The number of carbonyl (C=O) groups excluding carboxylic acids is 1. The van der Waals surface area contributed by atoms with Gasteiger partial charge in [0, 0.05) is 22.7 Å². The van der Waals surface area contributed by atoms with Gasteiger partial charge >= 0.3 is 5.63 Å². The molecule has 2 aromatic carbocycles. The number of benzene rings is 2. The van der Waals surface area contributed by atoms with E-state index in [1.807, 2.05) is 30.3 Å². The van der Waals surface area contributed by atoms with E-state index in [1.165, 1.54) is 10.9 Å². The van der Waals surface area contributed by atoms with E-state index in [0.29, 0.717) is 22.4 Å². The summed E-state index contributed by atoms with van der Waals surface area (Å²) in [5.41, 5.74) is 1.83. The molecule has 8 heteroatoms. The zero-order valence-electron chi connectivity index (χ0n) is 14.5. The van der Waals surface area contributed by atoms with Gasteiger partial charge in [-0.05, 0) is 18.2 Å². The molecule has 0 aliphatic carbocycles. The van der Waals surface area contributed by atoms with E-state index < -0.39 is 11.5 Å². The van der Waals surface area contributed by atoms with Gasteiger partial charge < -0.3 is 9.73 Å². The molecule has 0 bridgehead atoms. The molecule has 0 saturated heterocycles. The molecular formula is C20H13N5O3. The molecule has 0 atom stereocenters. The number of amides is 1. The van der Waals surface area contributed by atoms with Crippen LogP contribution in [-0.2, 0) is 4.79 Å². The van der Waals surface area contributed by atoms with Crippen molar-refractivity contribution in [3.63, 3.8) is 0 Å². The monoisotopic (exact) mass is 371 g/mol. The lowest BCUT2D eigenvalue weighted by Crippen LogP contribution is -2.13. The molecule has 0 radical (unpaired) electrons. The van der Waals surface area contributed by atoms with Crippen LogP contribution in [0.15, 0.2) is 70.0 Å². The third kappa shape index (κ3) is 3.37. The number of hydrogen-bond acceptors (Lipinski definition) is 6. The number of fused-ring (bicyclic) bond motifs is 1. The van der Waals surface area contributed by atoms with Crippen molar-refractivity contribution in [2.24, 2.45) is 0 Å². The fraction of sp³-hybridized carbons (Fsp3) is 0.0500. The van der Waals surface area contributed by atoms with Crippen LogP contribution in [0.4, 0.5) is 5.69 Å². The molecule has 0 unspecified atom stereocenters. The molecular weight excluding hydrogens is 358 g/mol. The summed E-state index contributed by atoms with van der Waals surface area (Å²) in [5.74, 6) is -0.435. The van der Waals surface area contributed by atoms with Crippen molar-refractivity contribution >= 4 is 22.6 Å². The Morgan fingerprint density at radius 2 is 2.00 bits per heavy atom. The van der Waals surface area contributed by atoms with Crippen molar-refractivity contribution in [2.75, 3.05) is 5.32 Å². The second-order valence-corrected chi connectivity index (χ2v) is 5.94. The largest absolute Gasteiger partial charge is 0.421 e. The fourth-order valence-corrected chi connectivity index (χ4v) is 2.71. The maximum Gasteiger partial charge on any atom is 0.364 e. The first-order chi connectivity index (χ1) is 13.6. The van der Waals surface area contributed by atoms with Crippen LogP contribution >= 0.6 is 0 Å². The van der Waals surface area contributed by atoms with Gasteiger partial charge in [0.1, 0.15) is 17.7 Å². The van der Waals surface area contributed by atoms with Gasteiger partial charge in [0.25, 0.3) is 0 Å². The smallest absolute Gasteiger partial charge is 0.364 e. The highest BCUT2D eigenvalue weighted by Crippen LogP contribution is 2.21. The molecule has 0 fully saturated rings. The van der Waals surface area contributed by atoms with Crippen molar-refractivity contribution < 1.29 is 9.21 Å². The van der Waals surface area contributed by atoms with Gasteiger partial charge in [-0.15, -0.1) is 9.90 Å². The summed E-state index contributed by atoms with van der Waals surface area (Å²) in [6.07, 6.45) is 1.32. The van der Waals surface area contributed by atoms with Gasteiger partial charge in [0.05, 0.1) is 12.3 Å². The number of carbonyl (C=O) groups is 1. The SMILES string of the molecule is N#CCC(=O)Nc1ccc2cc(-n3ncc(-c4ccccc4)n3)c(=O)oc2c1. The van der Waals surface area contributed by atoms with Crippen molar-refractivity contribution in [1.82, 2.24) is 15.0 Å². The summed E-state index contributed by atoms with van der Waals surface area (Å²) in [5, 5.41) is 20.3. The summed E-state index contributed by atoms with van der Waals surface area (Å²) in [6.45, 7) is 0. The Bertz CT molecular complexity index is 1270. The Hall–Kier alpha value is -4.25. The van der Waals surface area contributed by atoms with E-state index in [2.05, 4.69) is 15.5 Å². The van der Waals surface area contributed by atoms with Gasteiger partial charge in [-0.25, -0.2) is 4.79 Å². The minimum Gasteiger partial charge on any atom is -0.421 e. The van der Waals surface area contributed by atoms with Crippen LogP contribution in [0.5, 0.6) is 0 Å². The number of anilines is 1. The average Bonchev–Trinajstić information content (AvgIpc) is 3.18. The lowest BCUT2D eigenvalue weighted by atomic mass is 10.2. The third-order valence-electron chi connectivity index (χ3n) is 4.02. The molecule has 8 nitrogen and oxygen atoms in total. The lowest BCUT2D eigenvalue weighted by molar-refractivity contribution is -0.115. The number of nitrogens with one attached hydrogen (secondary N) is 1. The predicted molar refractivity (Wildman–Crippen MR) is 102 cm³/mol. The molecule has 1 N–H and O–H groups in total. The van der Waals surface area contributed by atoms with Gasteiger partial charge in [0.15, 0.2) is 5.69 Å². The molecule has 0 aliphatic rings. The summed E-state index contributed by atoms with van der Waals surface area (Å²) in [7, 11) is 0. The minimum absolute atomic E-state index is 0.177. The second-order valence-electron chi connectivity index (χ2n) is 5.94. The first-order valence-corrected chi connectivity index (χ1v) is 8.37. The van der Waals surface area contributed by atoms with Crippen LogP contribution in [0.3, 0.4) is 0 Å². The first-order valence-electron chi connectivity index (χ1n) is 8.37. The van der Waals surface area contributed by atoms with Crippen molar-refractivity contribution in [1.29, 1.82) is 5.26 Å². The number of nitrogens with zero attached hydrogens (tertiary/aromatic N) is 4. The molecule has 1 amide bonds. The zero-order valence-corrected chi connectivity index (χ0v) is 14.5. The summed E-state index contributed by atoms with van der Waals surface area (Å²) < 4.78 is 5.37. The quantitative estimate of drug-likeness (QED) is 0.552. The van der Waals surface area contributed by atoms with Crippen molar-refractivity contribution in [3.05, 3.63) is 71.2 Å². The van der Waals surface area contributed by atoms with Crippen LogP contribution in [0, 0.1) is 11.3 Å². The molecule has 4 rings (SSSR count). The highest BCUT2D eigenvalue weighted by Gasteiger charge is 2.12. The number of rotatable bonds is 4. The van der Waals surface area contributed by atoms with Crippen LogP contribution in [0.1, 0.15) is 6.42 Å². The minimum atomic E-state index is -0.608. The Morgan fingerprint density at radius 1 is 1.18 bits per heavy atom. The highest BCUT2D eigenvalue weighted by molar-refractivity contribution is 5.94. The molecule has 0 saturated carbocycles. The fourth-order valence-electron chi connectivity index (χ4n) is 2.71. The summed E-state index contributed by atoms with van der Waals surface area (Å²) in [4.78, 5) is 25.2.